The van der Waals surface area contributed by atoms with Crippen LogP contribution in [0.15, 0.2) is 9.37 Å². The van der Waals surface area contributed by atoms with Crippen LogP contribution in [0.25, 0.3) is 0 Å². The van der Waals surface area contributed by atoms with Crippen molar-refractivity contribution in [3.05, 3.63) is 17.1 Å². The first-order chi connectivity index (χ1) is 9.01. The van der Waals surface area contributed by atoms with Gasteiger partial charge in [-0.15, -0.1) is 0 Å². The first-order valence-electron chi connectivity index (χ1n) is 6.27. The fourth-order valence-electron chi connectivity index (χ4n) is 1.85. The second-order valence-corrected chi connectivity index (χ2v) is 6.56. The van der Waals surface area contributed by atoms with Gasteiger partial charge in [0.15, 0.2) is 4.34 Å². The number of aryl methyl sites for hydroxylation is 3. The Balaban J connectivity index is 2.28. The molecule has 5 nitrogen and oxygen atoms in total. The molecule has 2 heterocycles. The predicted molar refractivity (Wildman–Crippen MR) is 78.7 cm³/mol. The van der Waals surface area contributed by atoms with Crippen molar-refractivity contribution in [1.82, 2.24) is 19.1 Å². The maximum atomic E-state index is 6.08. The average Bonchev–Trinajstić information content (AvgIpc) is 2.88. The van der Waals surface area contributed by atoms with Crippen LogP contribution >= 0.6 is 23.3 Å². The molecule has 0 fully saturated rings. The average molecular weight is 297 g/mol. The Morgan fingerprint density at radius 2 is 2.16 bits per heavy atom. The van der Waals surface area contributed by atoms with Crippen molar-refractivity contribution >= 4 is 23.3 Å². The van der Waals surface area contributed by atoms with Crippen molar-refractivity contribution in [3.63, 3.8) is 0 Å². The van der Waals surface area contributed by atoms with Crippen LogP contribution in [0.4, 0.5) is 0 Å². The van der Waals surface area contributed by atoms with Crippen molar-refractivity contribution in [3.8, 4) is 0 Å². The van der Waals surface area contributed by atoms with Crippen LogP contribution < -0.4 is 5.73 Å². The summed E-state index contributed by atoms with van der Waals surface area (Å²) in [5.74, 6) is 0.818. The van der Waals surface area contributed by atoms with Gasteiger partial charge in [0.2, 0.25) is 0 Å². The van der Waals surface area contributed by atoms with E-state index in [-0.39, 0.29) is 6.04 Å². The van der Waals surface area contributed by atoms with Crippen LogP contribution in [0.5, 0.6) is 0 Å². The van der Waals surface area contributed by atoms with E-state index in [1.54, 1.807) is 11.8 Å². The number of hydrogen-bond acceptors (Lipinski definition) is 6. The zero-order valence-corrected chi connectivity index (χ0v) is 13.3. The predicted octanol–water partition coefficient (Wildman–Crippen LogP) is 2.32. The fraction of sp³-hybridized carbons (Fsp3) is 0.583. The van der Waals surface area contributed by atoms with Gasteiger partial charge in [0.1, 0.15) is 10.9 Å². The number of nitrogens with zero attached hydrogens (tertiary/aromatic N) is 4. The van der Waals surface area contributed by atoms with Crippen LogP contribution in [0.3, 0.4) is 0 Å². The van der Waals surface area contributed by atoms with Crippen LogP contribution in [-0.4, -0.2) is 25.2 Å². The number of rotatable bonds is 5. The smallest absolute Gasteiger partial charge is 0.176 e. The number of nitrogens with two attached hydrogens (primary N) is 1. The molecule has 0 radical (unpaired) electrons. The summed E-state index contributed by atoms with van der Waals surface area (Å²) >= 11 is 3.05. The monoisotopic (exact) mass is 297 g/mol. The van der Waals surface area contributed by atoms with Crippen molar-refractivity contribution in [2.24, 2.45) is 12.8 Å². The summed E-state index contributed by atoms with van der Waals surface area (Å²) in [5, 5.41) is 5.62. The van der Waals surface area contributed by atoms with Crippen LogP contribution in [0.1, 0.15) is 30.4 Å². The molecule has 104 valence electrons. The molecule has 0 amide bonds. The Morgan fingerprint density at radius 3 is 2.74 bits per heavy atom. The standard InChI is InChI=1S/C12H19N5S2/c1-5-9(13)6-10-7(2)15-17(4)11(10)18-12-14-8(3)16-19-12/h9H,5-6,13H2,1-4H3. The van der Waals surface area contributed by atoms with Crippen molar-refractivity contribution in [2.45, 2.75) is 49.0 Å². The second kappa shape index (κ2) is 6.02. The Morgan fingerprint density at radius 1 is 1.42 bits per heavy atom. The molecule has 0 aliphatic carbocycles. The topological polar surface area (TPSA) is 69.6 Å². The van der Waals surface area contributed by atoms with Gasteiger partial charge in [-0.1, -0.05) is 6.92 Å². The number of aromatic nitrogens is 4. The Kier molecular flexibility index (Phi) is 4.59. The summed E-state index contributed by atoms with van der Waals surface area (Å²) in [6.45, 7) is 6.05. The third kappa shape index (κ3) is 3.34. The molecule has 0 saturated heterocycles. The molecule has 0 spiro atoms. The summed E-state index contributed by atoms with van der Waals surface area (Å²) in [7, 11) is 1.96. The molecule has 19 heavy (non-hydrogen) atoms. The Labute approximate surface area is 121 Å². The third-order valence-electron chi connectivity index (χ3n) is 2.97. The lowest BCUT2D eigenvalue weighted by molar-refractivity contribution is 0.631. The molecule has 7 heteroatoms. The molecule has 0 aliphatic heterocycles. The van der Waals surface area contributed by atoms with Gasteiger partial charge in [-0.25, -0.2) is 4.98 Å². The molecule has 0 bridgehead atoms. The SMILES string of the molecule is CCC(N)Cc1c(C)nn(C)c1Sc1nc(C)ns1. The van der Waals surface area contributed by atoms with E-state index in [0.717, 1.165) is 33.7 Å². The molecule has 1 atom stereocenters. The lowest BCUT2D eigenvalue weighted by Crippen LogP contribution is -2.21. The van der Waals surface area contributed by atoms with E-state index in [4.69, 9.17) is 5.73 Å². The summed E-state index contributed by atoms with van der Waals surface area (Å²) in [5.41, 5.74) is 8.36. The van der Waals surface area contributed by atoms with E-state index in [1.807, 2.05) is 25.6 Å². The zero-order valence-electron chi connectivity index (χ0n) is 11.7. The molecule has 2 rings (SSSR count). The lowest BCUT2D eigenvalue weighted by Gasteiger charge is -2.09. The van der Waals surface area contributed by atoms with Gasteiger partial charge in [0.25, 0.3) is 0 Å². The van der Waals surface area contributed by atoms with Crippen LogP contribution in [0, 0.1) is 13.8 Å². The largest absolute Gasteiger partial charge is 0.327 e. The second-order valence-electron chi connectivity index (χ2n) is 4.57. The molecular weight excluding hydrogens is 278 g/mol. The van der Waals surface area contributed by atoms with E-state index in [2.05, 4.69) is 21.4 Å². The van der Waals surface area contributed by atoms with Crippen LogP contribution in [0.2, 0.25) is 0 Å². The van der Waals surface area contributed by atoms with Crippen molar-refractivity contribution < 1.29 is 0 Å². The zero-order chi connectivity index (χ0) is 14.0. The highest BCUT2D eigenvalue weighted by atomic mass is 32.2. The van der Waals surface area contributed by atoms with E-state index >= 15 is 0 Å². The molecule has 0 aromatic carbocycles. The highest BCUT2D eigenvalue weighted by molar-refractivity contribution is 8.00. The normalized spacial score (nSPS) is 12.9. The van der Waals surface area contributed by atoms with Gasteiger partial charge in [-0.05, 0) is 50.0 Å². The molecule has 0 aliphatic rings. The summed E-state index contributed by atoms with van der Waals surface area (Å²) in [6, 6.07) is 0.179. The fourth-order valence-corrected chi connectivity index (χ4v) is 3.64. The minimum Gasteiger partial charge on any atom is -0.327 e. The summed E-state index contributed by atoms with van der Waals surface area (Å²) in [4.78, 5) is 4.39. The minimum absolute atomic E-state index is 0.179. The van der Waals surface area contributed by atoms with Gasteiger partial charge in [-0.3, -0.25) is 4.68 Å². The maximum absolute atomic E-state index is 6.08. The van der Waals surface area contributed by atoms with Gasteiger partial charge in [0, 0.05) is 18.7 Å². The molecule has 0 saturated carbocycles. The molecule has 2 aromatic heterocycles. The van der Waals surface area contributed by atoms with E-state index < -0.39 is 0 Å². The Hall–Kier alpha value is -0.920. The quantitative estimate of drug-likeness (QED) is 0.917. The van der Waals surface area contributed by atoms with Crippen LogP contribution in [-0.2, 0) is 13.5 Å². The van der Waals surface area contributed by atoms with E-state index in [9.17, 15) is 0 Å². The Bertz CT molecular complexity index is 560. The first kappa shape index (κ1) is 14.5. The number of hydrogen-bond donors (Lipinski definition) is 1. The minimum atomic E-state index is 0.179. The molecule has 2 N–H and O–H groups in total. The molecule has 2 aromatic rings. The highest BCUT2D eigenvalue weighted by Crippen LogP contribution is 2.33. The van der Waals surface area contributed by atoms with E-state index in [1.165, 1.54) is 17.1 Å². The van der Waals surface area contributed by atoms with Crippen molar-refractivity contribution in [1.29, 1.82) is 0 Å². The molecule has 1 unspecified atom stereocenters. The summed E-state index contributed by atoms with van der Waals surface area (Å²) < 4.78 is 7.07. The third-order valence-corrected chi connectivity index (χ3v) is 5.02. The first-order valence-corrected chi connectivity index (χ1v) is 7.86. The maximum Gasteiger partial charge on any atom is 0.176 e. The molecular formula is C12H19N5S2. The van der Waals surface area contributed by atoms with Gasteiger partial charge < -0.3 is 5.73 Å². The van der Waals surface area contributed by atoms with Crippen molar-refractivity contribution in [2.75, 3.05) is 0 Å². The van der Waals surface area contributed by atoms with E-state index in [0.29, 0.717) is 0 Å². The lowest BCUT2D eigenvalue weighted by atomic mass is 10.1. The van der Waals surface area contributed by atoms with Gasteiger partial charge in [0.05, 0.1) is 5.69 Å². The van der Waals surface area contributed by atoms with Gasteiger partial charge >= 0.3 is 0 Å². The summed E-state index contributed by atoms with van der Waals surface area (Å²) in [6.07, 6.45) is 1.83. The van der Waals surface area contributed by atoms with Gasteiger partial charge in [-0.2, -0.15) is 9.47 Å². The highest BCUT2D eigenvalue weighted by Gasteiger charge is 2.18.